The highest BCUT2D eigenvalue weighted by Crippen LogP contribution is 2.31. The number of para-hydroxylation sites is 2. The molecular formula is C21H29N5O2. The molecule has 1 atom stereocenters. The molecule has 7 nitrogen and oxygen atoms in total. The van der Waals surface area contributed by atoms with Gasteiger partial charge in [-0.1, -0.05) is 12.1 Å². The highest BCUT2D eigenvalue weighted by molar-refractivity contribution is 5.59. The average Bonchev–Trinajstić information content (AvgIpc) is 3.23. The first kappa shape index (κ1) is 18.8. The van der Waals surface area contributed by atoms with Crippen LogP contribution >= 0.6 is 0 Å². The standard InChI is InChI=1S/C21H29N5O2/c1-28-19-7-3-2-6-18(19)25-11-8-16(9-12-25)24-20-13-21(23-15-22-20)26-10-4-5-17(26)14-27/h2-3,6-7,13,15-17,27H,4-5,8-12,14H2,1H3,(H,22,23,24). The quantitative estimate of drug-likeness (QED) is 0.794. The Morgan fingerprint density at radius 1 is 1.14 bits per heavy atom. The molecule has 2 aliphatic heterocycles. The van der Waals surface area contributed by atoms with Crippen LogP contribution in [-0.2, 0) is 0 Å². The first-order valence-electron chi connectivity index (χ1n) is 10.1. The molecule has 1 unspecified atom stereocenters. The third-order valence-electron chi connectivity index (χ3n) is 5.81. The fraction of sp³-hybridized carbons (Fsp3) is 0.524. The van der Waals surface area contributed by atoms with Crippen LogP contribution in [0.1, 0.15) is 25.7 Å². The molecule has 7 heteroatoms. The molecule has 0 amide bonds. The number of aliphatic hydroxyl groups is 1. The fourth-order valence-electron chi connectivity index (χ4n) is 4.28. The summed E-state index contributed by atoms with van der Waals surface area (Å²) in [6.45, 7) is 3.08. The average molecular weight is 383 g/mol. The number of benzene rings is 1. The molecule has 2 N–H and O–H groups in total. The lowest BCUT2D eigenvalue weighted by Crippen LogP contribution is -2.39. The van der Waals surface area contributed by atoms with Crippen LogP contribution in [0.15, 0.2) is 36.7 Å². The number of rotatable bonds is 6. The smallest absolute Gasteiger partial charge is 0.142 e. The number of aliphatic hydroxyl groups excluding tert-OH is 1. The SMILES string of the molecule is COc1ccccc1N1CCC(Nc2cc(N3CCCC3CO)ncn2)CC1. The van der Waals surface area contributed by atoms with E-state index < -0.39 is 0 Å². The number of methoxy groups -OCH3 is 1. The lowest BCUT2D eigenvalue weighted by molar-refractivity contribution is 0.266. The van der Waals surface area contributed by atoms with Gasteiger partial charge < -0.3 is 25.0 Å². The van der Waals surface area contributed by atoms with Gasteiger partial charge in [-0.3, -0.25) is 0 Å². The summed E-state index contributed by atoms with van der Waals surface area (Å²) in [5, 5.41) is 13.2. The third kappa shape index (κ3) is 3.99. The van der Waals surface area contributed by atoms with E-state index in [0.29, 0.717) is 6.04 Å². The summed E-state index contributed by atoms with van der Waals surface area (Å²) >= 11 is 0. The monoisotopic (exact) mass is 383 g/mol. The van der Waals surface area contributed by atoms with Crippen LogP contribution in [0.5, 0.6) is 5.75 Å². The molecule has 4 rings (SSSR count). The summed E-state index contributed by atoms with van der Waals surface area (Å²) in [6.07, 6.45) is 5.82. The van der Waals surface area contributed by atoms with Crippen LogP contribution in [-0.4, -0.2) is 60.5 Å². The van der Waals surface area contributed by atoms with Gasteiger partial charge in [0.1, 0.15) is 23.7 Å². The molecule has 0 aliphatic carbocycles. The topological polar surface area (TPSA) is 73.8 Å². The van der Waals surface area contributed by atoms with E-state index in [4.69, 9.17) is 4.74 Å². The molecule has 0 bridgehead atoms. The zero-order valence-electron chi connectivity index (χ0n) is 16.4. The van der Waals surface area contributed by atoms with Crippen molar-refractivity contribution in [2.24, 2.45) is 0 Å². The van der Waals surface area contributed by atoms with Gasteiger partial charge in [-0.25, -0.2) is 9.97 Å². The Labute approximate surface area is 166 Å². The maximum absolute atomic E-state index is 9.57. The van der Waals surface area contributed by atoms with Crippen molar-refractivity contribution in [2.75, 3.05) is 48.5 Å². The van der Waals surface area contributed by atoms with E-state index in [9.17, 15) is 5.11 Å². The van der Waals surface area contributed by atoms with Crippen molar-refractivity contribution in [3.05, 3.63) is 36.7 Å². The fourth-order valence-corrected chi connectivity index (χ4v) is 4.28. The Hall–Kier alpha value is -2.54. The molecule has 0 spiro atoms. The summed E-state index contributed by atoms with van der Waals surface area (Å²) in [5.41, 5.74) is 1.16. The number of ether oxygens (including phenoxy) is 1. The van der Waals surface area contributed by atoms with Crippen LogP contribution in [0.3, 0.4) is 0 Å². The predicted octanol–water partition coefficient (Wildman–Crippen LogP) is 2.53. The molecule has 28 heavy (non-hydrogen) atoms. The van der Waals surface area contributed by atoms with Gasteiger partial charge in [0.25, 0.3) is 0 Å². The normalized spacial score (nSPS) is 20.4. The van der Waals surface area contributed by atoms with E-state index >= 15 is 0 Å². The molecule has 0 saturated carbocycles. The van der Waals surface area contributed by atoms with Crippen LogP contribution < -0.4 is 19.9 Å². The van der Waals surface area contributed by atoms with Crippen molar-refractivity contribution in [1.82, 2.24) is 9.97 Å². The van der Waals surface area contributed by atoms with E-state index in [1.807, 2.05) is 18.2 Å². The van der Waals surface area contributed by atoms with Crippen LogP contribution in [0.4, 0.5) is 17.3 Å². The molecule has 150 valence electrons. The molecule has 2 fully saturated rings. The lowest BCUT2D eigenvalue weighted by Gasteiger charge is -2.35. The Bertz CT molecular complexity index is 779. The summed E-state index contributed by atoms with van der Waals surface area (Å²) in [4.78, 5) is 13.4. The van der Waals surface area contributed by atoms with Crippen LogP contribution in [0.25, 0.3) is 0 Å². The van der Waals surface area contributed by atoms with E-state index in [-0.39, 0.29) is 12.6 Å². The lowest BCUT2D eigenvalue weighted by atomic mass is 10.0. The van der Waals surface area contributed by atoms with Gasteiger partial charge in [0.05, 0.1) is 25.4 Å². The Balaban J connectivity index is 1.37. The molecule has 2 saturated heterocycles. The van der Waals surface area contributed by atoms with E-state index in [0.717, 1.165) is 68.4 Å². The zero-order valence-corrected chi connectivity index (χ0v) is 16.4. The number of hydrogen-bond donors (Lipinski definition) is 2. The van der Waals surface area contributed by atoms with Gasteiger partial charge in [0.15, 0.2) is 0 Å². The van der Waals surface area contributed by atoms with Crippen molar-refractivity contribution in [2.45, 2.75) is 37.8 Å². The molecule has 0 radical (unpaired) electrons. The van der Waals surface area contributed by atoms with E-state index in [1.54, 1.807) is 13.4 Å². The zero-order chi connectivity index (χ0) is 19.3. The van der Waals surface area contributed by atoms with E-state index in [1.165, 1.54) is 0 Å². The second-order valence-corrected chi connectivity index (χ2v) is 7.51. The Kier molecular flexibility index (Phi) is 5.81. The molecule has 1 aromatic heterocycles. The van der Waals surface area contributed by atoms with Crippen molar-refractivity contribution in [3.8, 4) is 5.75 Å². The van der Waals surface area contributed by atoms with Gasteiger partial charge in [0, 0.05) is 31.7 Å². The minimum Gasteiger partial charge on any atom is -0.495 e. The second kappa shape index (κ2) is 8.65. The molecule has 3 heterocycles. The van der Waals surface area contributed by atoms with Crippen molar-refractivity contribution in [3.63, 3.8) is 0 Å². The second-order valence-electron chi connectivity index (χ2n) is 7.51. The van der Waals surface area contributed by atoms with Gasteiger partial charge >= 0.3 is 0 Å². The van der Waals surface area contributed by atoms with Crippen LogP contribution in [0, 0.1) is 0 Å². The van der Waals surface area contributed by atoms with Gasteiger partial charge in [-0.05, 0) is 37.8 Å². The van der Waals surface area contributed by atoms with Gasteiger partial charge in [0.2, 0.25) is 0 Å². The van der Waals surface area contributed by atoms with Crippen molar-refractivity contribution < 1.29 is 9.84 Å². The minimum atomic E-state index is 0.173. The Morgan fingerprint density at radius 3 is 2.75 bits per heavy atom. The van der Waals surface area contributed by atoms with Gasteiger partial charge in [-0.15, -0.1) is 0 Å². The highest BCUT2D eigenvalue weighted by atomic mass is 16.5. The first-order chi connectivity index (χ1) is 13.8. The summed E-state index contributed by atoms with van der Waals surface area (Å²) in [5.74, 6) is 2.70. The first-order valence-corrected chi connectivity index (χ1v) is 10.1. The van der Waals surface area contributed by atoms with E-state index in [2.05, 4.69) is 37.2 Å². The molecular weight excluding hydrogens is 354 g/mol. The molecule has 2 aliphatic rings. The number of nitrogens with one attached hydrogen (secondary N) is 1. The Morgan fingerprint density at radius 2 is 1.96 bits per heavy atom. The number of hydrogen-bond acceptors (Lipinski definition) is 7. The van der Waals surface area contributed by atoms with Gasteiger partial charge in [-0.2, -0.15) is 0 Å². The maximum Gasteiger partial charge on any atom is 0.142 e. The minimum absolute atomic E-state index is 0.173. The third-order valence-corrected chi connectivity index (χ3v) is 5.81. The predicted molar refractivity (Wildman–Crippen MR) is 111 cm³/mol. The van der Waals surface area contributed by atoms with Crippen LogP contribution in [0.2, 0.25) is 0 Å². The number of anilines is 3. The maximum atomic E-state index is 9.57. The largest absolute Gasteiger partial charge is 0.495 e. The number of nitrogens with zero attached hydrogens (tertiary/aromatic N) is 4. The molecule has 1 aromatic carbocycles. The molecule has 2 aromatic rings. The number of piperidine rings is 1. The van der Waals surface area contributed by atoms with Crippen molar-refractivity contribution >= 4 is 17.3 Å². The van der Waals surface area contributed by atoms with Crippen molar-refractivity contribution in [1.29, 1.82) is 0 Å². The summed E-state index contributed by atoms with van der Waals surface area (Å²) < 4.78 is 5.50. The number of aromatic nitrogens is 2. The summed E-state index contributed by atoms with van der Waals surface area (Å²) in [6, 6.07) is 10.8. The summed E-state index contributed by atoms with van der Waals surface area (Å²) in [7, 11) is 1.72. The highest BCUT2D eigenvalue weighted by Gasteiger charge is 2.26.